The molecule has 2 N–H and O–H groups in total. The monoisotopic (exact) mass is 395 g/mol. The number of aromatic nitrogens is 1. The first-order valence-electron chi connectivity index (χ1n) is 8.82. The minimum absolute atomic E-state index is 0.0598. The third-order valence-corrected chi connectivity index (χ3v) is 4.45. The Bertz CT molecular complexity index is 1100. The molecule has 0 amide bonds. The van der Waals surface area contributed by atoms with Crippen LogP contribution >= 0.6 is 0 Å². The highest BCUT2D eigenvalue weighted by molar-refractivity contribution is 5.99. The number of rotatable bonds is 5. The second-order valence-corrected chi connectivity index (χ2v) is 6.23. The lowest BCUT2D eigenvalue weighted by atomic mass is 9.98. The molecule has 0 saturated carbocycles. The number of benzene rings is 2. The molecular formula is C21H18FN3O4. The average molecular weight is 395 g/mol. The van der Waals surface area contributed by atoms with Crippen LogP contribution in [0.5, 0.6) is 0 Å². The average Bonchev–Trinajstić information content (AvgIpc) is 2.69. The highest BCUT2D eigenvalue weighted by atomic mass is 19.1. The molecule has 0 aliphatic rings. The summed E-state index contributed by atoms with van der Waals surface area (Å²) in [6, 6.07) is 13.2. The molecule has 0 aliphatic carbocycles. The van der Waals surface area contributed by atoms with Gasteiger partial charge in [-0.3, -0.25) is 10.1 Å². The second kappa shape index (κ2) is 8.05. The summed E-state index contributed by atoms with van der Waals surface area (Å²) in [5.41, 5.74) is 7.27. The highest BCUT2D eigenvalue weighted by Gasteiger charge is 2.30. The number of anilines is 1. The number of carbonyl (C=O) groups is 1. The lowest BCUT2D eigenvalue weighted by Gasteiger charge is -2.13. The number of nitrogens with zero attached hydrogens (tertiary/aromatic N) is 2. The van der Waals surface area contributed by atoms with Crippen LogP contribution in [0.4, 0.5) is 15.9 Å². The van der Waals surface area contributed by atoms with Gasteiger partial charge in [0.1, 0.15) is 11.4 Å². The Morgan fingerprint density at radius 2 is 1.79 bits per heavy atom. The molecule has 0 aliphatic heterocycles. The Morgan fingerprint density at radius 1 is 1.17 bits per heavy atom. The first-order chi connectivity index (χ1) is 13.8. The van der Waals surface area contributed by atoms with Crippen LogP contribution in [-0.2, 0) is 4.74 Å². The normalized spacial score (nSPS) is 10.6. The maximum absolute atomic E-state index is 14.0. The van der Waals surface area contributed by atoms with E-state index in [1.165, 1.54) is 6.07 Å². The van der Waals surface area contributed by atoms with Gasteiger partial charge in [-0.05, 0) is 31.0 Å². The molecular weight excluding hydrogens is 377 g/mol. The van der Waals surface area contributed by atoms with Crippen molar-refractivity contribution in [2.24, 2.45) is 0 Å². The summed E-state index contributed by atoms with van der Waals surface area (Å²) in [6.45, 7) is 3.21. The first kappa shape index (κ1) is 19.9. The summed E-state index contributed by atoms with van der Waals surface area (Å²) in [7, 11) is 0. The van der Waals surface area contributed by atoms with Crippen molar-refractivity contribution in [3.05, 3.63) is 75.6 Å². The molecule has 0 saturated heterocycles. The van der Waals surface area contributed by atoms with Gasteiger partial charge < -0.3 is 10.5 Å². The number of nitrogen functional groups attached to an aromatic ring is 1. The van der Waals surface area contributed by atoms with Crippen LogP contribution in [0.15, 0.2) is 48.5 Å². The van der Waals surface area contributed by atoms with Crippen LogP contribution in [-0.4, -0.2) is 22.5 Å². The zero-order valence-electron chi connectivity index (χ0n) is 15.8. The van der Waals surface area contributed by atoms with Gasteiger partial charge >= 0.3 is 11.7 Å². The summed E-state index contributed by atoms with van der Waals surface area (Å²) in [4.78, 5) is 27.2. The van der Waals surface area contributed by atoms with E-state index in [1.807, 2.05) is 0 Å². The smallest absolute Gasteiger partial charge is 0.345 e. The third-order valence-electron chi connectivity index (χ3n) is 4.45. The van der Waals surface area contributed by atoms with E-state index in [1.54, 1.807) is 56.3 Å². The third kappa shape index (κ3) is 3.77. The van der Waals surface area contributed by atoms with Crippen LogP contribution in [0.2, 0.25) is 0 Å². The van der Waals surface area contributed by atoms with Crippen LogP contribution < -0.4 is 5.73 Å². The number of hydrogen-bond acceptors (Lipinski definition) is 6. The van der Waals surface area contributed by atoms with Crippen molar-refractivity contribution < 1.29 is 18.8 Å². The van der Waals surface area contributed by atoms with Gasteiger partial charge in [-0.1, -0.05) is 42.5 Å². The van der Waals surface area contributed by atoms with Crippen LogP contribution in [0.3, 0.4) is 0 Å². The van der Waals surface area contributed by atoms with Crippen LogP contribution in [0.1, 0.15) is 22.8 Å². The molecule has 1 aromatic heterocycles. The minimum atomic E-state index is -0.838. The van der Waals surface area contributed by atoms with E-state index >= 15 is 0 Å². The van der Waals surface area contributed by atoms with Gasteiger partial charge in [0, 0.05) is 11.1 Å². The molecule has 3 rings (SSSR count). The molecule has 148 valence electrons. The van der Waals surface area contributed by atoms with Crippen molar-refractivity contribution in [1.29, 1.82) is 0 Å². The van der Waals surface area contributed by atoms with E-state index < -0.39 is 16.6 Å². The van der Waals surface area contributed by atoms with E-state index in [4.69, 9.17) is 10.5 Å². The summed E-state index contributed by atoms with van der Waals surface area (Å²) in [5.74, 6) is -1.56. The van der Waals surface area contributed by atoms with Crippen molar-refractivity contribution in [2.75, 3.05) is 12.3 Å². The predicted octanol–water partition coefficient (Wildman–Crippen LogP) is 4.53. The molecule has 0 radical (unpaired) electrons. The van der Waals surface area contributed by atoms with Gasteiger partial charge in [0.05, 0.1) is 17.2 Å². The Labute approximate surface area is 166 Å². The zero-order valence-corrected chi connectivity index (χ0v) is 15.8. The second-order valence-electron chi connectivity index (χ2n) is 6.23. The SMILES string of the molecule is CCOC(=O)c1c(C)c(-c2ccc(-c3ccccc3F)cc2)nc(N)c1[N+](=O)[O-]. The van der Waals surface area contributed by atoms with E-state index in [-0.39, 0.29) is 29.4 Å². The minimum Gasteiger partial charge on any atom is -0.462 e. The standard InChI is InChI=1S/C21H18FN3O4/c1-3-29-21(26)17-12(2)18(24-20(23)19(17)25(27)28)14-10-8-13(9-11-14)15-6-4-5-7-16(15)22/h4-11H,3H2,1-2H3,(H2,23,24). The largest absolute Gasteiger partial charge is 0.462 e. The Hall–Kier alpha value is -3.81. The van der Waals surface area contributed by atoms with E-state index in [9.17, 15) is 19.3 Å². The number of carbonyl (C=O) groups excluding carboxylic acids is 1. The van der Waals surface area contributed by atoms with Gasteiger partial charge in [-0.25, -0.2) is 14.2 Å². The van der Waals surface area contributed by atoms with Gasteiger partial charge in [0.25, 0.3) is 0 Å². The van der Waals surface area contributed by atoms with Crippen molar-refractivity contribution in [3.8, 4) is 22.4 Å². The molecule has 8 heteroatoms. The topological polar surface area (TPSA) is 108 Å². The van der Waals surface area contributed by atoms with Crippen molar-refractivity contribution in [1.82, 2.24) is 4.98 Å². The fourth-order valence-corrected chi connectivity index (χ4v) is 3.10. The number of ether oxygens (including phenoxy) is 1. The summed E-state index contributed by atoms with van der Waals surface area (Å²) < 4.78 is 19.0. The fourth-order valence-electron chi connectivity index (χ4n) is 3.10. The number of pyridine rings is 1. The molecule has 0 spiro atoms. The van der Waals surface area contributed by atoms with Crippen LogP contribution in [0, 0.1) is 22.9 Å². The number of hydrogen-bond donors (Lipinski definition) is 1. The molecule has 0 fully saturated rings. The fraction of sp³-hybridized carbons (Fsp3) is 0.143. The Balaban J connectivity index is 2.13. The molecule has 0 unspecified atom stereocenters. The maximum Gasteiger partial charge on any atom is 0.345 e. The lowest BCUT2D eigenvalue weighted by Crippen LogP contribution is -2.14. The van der Waals surface area contributed by atoms with Crippen LogP contribution in [0.25, 0.3) is 22.4 Å². The maximum atomic E-state index is 14.0. The molecule has 29 heavy (non-hydrogen) atoms. The molecule has 7 nitrogen and oxygen atoms in total. The molecule has 0 atom stereocenters. The molecule has 1 heterocycles. The highest BCUT2D eigenvalue weighted by Crippen LogP contribution is 2.35. The number of nitro groups is 1. The van der Waals surface area contributed by atoms with E-state index in [0.717, 1.165) is 0 Å². The van der Waals surface area contributed by atoms with Crippen molar-refractivity contribution in [3.63, 3.8) is 0 Å². The number of esters is 1. The molecule has 2 aromatic carbocycles. The Kier molecular flexibility index (Phi) is 5.54. The van der Waals surface area contributed by atoms with Crippen molar-refractivity contribution in [2.45, 2.75) is 13.8 Å². The van der Waals surface area contributed by atoms with Gasteiger partial charge in [0.2, 0.25) is 5.82 Å². The van der Waals surface area contributed by atoms with E-state index in [0.29, 0.717) is 22.4 Å². The zero-order chi connectivity index (χ0) is 21.1. The predicted molar refractivity (Wildman–Crippen MR) is 107 cm³/mol. The quantitative estimate of drug-likeness (QED) is 0.386. The van der Waals surface area contributed by atoms with E-state index in [2.05, 4.69) is 4.98 Å². The molecule has 0 bridgehead atoms. The number of nitrogens with two attached hydrogens (primary N) is 1. The number of halogens is 1. The first-order valence-corrected chi connectivity index (χ1v) is 8.82. The Morgan fingerprint density at radius 3 is 2.38 bits per heavy atom. The summed E-state index contributed by atoms with van der Waals surface area (Å²) in [5, 5.41) is 11.4. The summed E-state index contributed by atoms with van der Waals surface area (Å²) >= 11 is 0. The summed E-state index contributed by atoms with van der Waals surface area (Å²) in [6.07, 6.45) is 0. The van der Waals surface area contributed by atoms with Gasteiger partial charge in [-0.2, -0.15) is 0 Å². The molecule has 3 aromatic rings. The van der Waals surface area contributed by atoms with Crippen molar-refractivity contribution >= 4 is 17.5 Å². The van der Waals surface area contributed by atoms with Gasteiger partial charge in [-0.15, -0.1) is 0 Å². The lowest BCUT2D eigenvalue weighted by molar-refractivity contribution is -0.384. The van der Waals surface area contributed by atoms with Gasteiger partial charge in [0.15, 0.2) is 0 Å².